The van der Waals surface area contributed by atoms with E-state index in [1.54, 1.807) is 0 Å². The lowest BCUT2D eigenvalue weighted by Crippen LogP contribution is -2.17. The van der Waals surface area contributed by atoms with Gasteiger partial charge in [-0.25, -0.2) is 8.78 Å². The van der Waals surface area contributed by atoms with Gasteiger partial charge in [0.15, 0.2) is 0 Å². The van der Waals surface area contributed by atoms with Crippen LogP contribution in [0, 0.1) is 17.6 Å². The number of alkyl halides is 1. The van der Waals surface area contributed by atoms with Crippen molar-refractivity contribution < 1.29 is 8.78 Å². The fraction of sp³-hybridized carbons (Fsp3) is 0.455. The molecule has 0 radical (unpaired) electrons. The van der Waals surface area contributed by atoms with E-state index >= 15 is 0 Å². The van der Waals surface area contributed by atoms with Crippen LogP contribution in [-0.2, 0) is 0 Å². The molecule has 0 saturated heterocycles. The van der Waals surface area contributed by atoms with Gasteiger partial charge in [-0.2, -0.15) is 0 Å². The van der Waals surface area contributed by atoms with Crippen LogP contribution in [0.15, 0.2) is 18.2 Å². The maximum atomic E-state index is 13.4. The summed E-state index contributed by atoms with van der Waals surface area (Å²) in [5.74, 6) is -0.451. The molecule has 3 heteroatoms. The Hall–Kier alpha value is -0.440. The smallest absolute Gasteiger partial charge is 0.130 e. The molecule has 0 N–H and O–H groups in total. The highest BCUT2D eigenvalue weighted by atomic mass is 79.9. The zero-order valence-electron chi connectivity index (χ0n) is 7.64. The van der Waals surface area contributed by atoms with E-state index in [0.29, 0.717) is 11.5 Å². The molecule has 0 aliphatic heterocycles. The Bertz CT molecular complexity index is 334. The first-order chi connectivity index (χ1) is 6.68. The second-order valence-corrected chi connectivity index (χ2v) is 4.75. The van der Waals surface area contributed by atoms with Crippen molar-refractivity contribution in [1.29, 1.82) is 0 Å². The highest BCUT2D eigenvalue weighted by Gasteiger charge is 2.28. The molecule has 0 nitrogen and oxygen atoms in total. The molecule has 1 aliphatic rings. The molecule has 0 bridgehead atoms. The molecular weight excluding hydrogens is 250 g/mol. The maximum absolute atomic E-state index is 13.4. The van der Waals surface area contributed by atoms with Crippen molar-refractivity contribution in [3.8, 4) is 0 Å². The summed E-state index contributed by atoms with van der Waals surface area (Å²) in [5, 5.41) is 0. The van der Waals surface area contributed by atoms with Gasteiger partial charge in [0.05, 0.1) is 0 Å². The van der Waals surface area contributed by atoms with Crippen LogP contribution in [0.3, 0.4) is 0 Å². The van der Waals surface area contributed by atoms with Crippen LogP contribution in [0.1, 0.15) is 29.7 Å². The number of benzene rings is 1. The average molecular weight is 261 g/mol. The Morgan fingerprint density at radius 3 is 2.50 bits per heavy atom. The number of hydrogen-bond acceptors (Lipinski definition) is 0. The Kier molecular flexibility index (Phi) is 2.86. The van der Waals surface area contributed by atoms with Crippen LogP contribution in [0.2, 0.25) is 0 Å². The van der Waals surface area contributed by atoms with Crippen LogP contribution in [0.25, 0.3) is 0 Å². The van der Waals surface area contributed by atoms with Gasteiger partial charge >= 0.3 is 0 Å². The molecule has 1 aromatic rings. The van der Waals surface area contributed by atoms with Crippen LogP contribution in [-0.4, -0.2) is 0 Å². The van der Waals surface area contributed by atoms with Gasteiger partial charge in [0.1, 0.15) is 11.6 Å². The fourth-order valence-electron chi connectivity index (χ4n) is 1.71. The van der Waals surface area contributed by atoms with E-state index in [1.165, 1.54) is 18.6 Å². The van der Waals surface area contributed by atoms with E-state index in [9.17, 15) is 8.78 Å². The standard InChI is InChI=1S/C11H11BrF2/c12-11(7-2-1-3-7)9-5-4-8(13)6-10(9)14/h4-7,11H,1-3H2. The Balaban J connectivity index is 2.22. The summed E-state index contributed by atoms with van der Waals surface area (Å²) in [5.41, 5.74) is 0.580. The van der Waals surface area contributed by atoms with Crippen LogP contribution in [0.4, 0.5) is 8.78 Å². The highest BCUT2D eigenvalue weighted by molar-refractivity contribution is 9.09. The first kappa shape index (κ1) is 10.1. The topological polar surface area (TPSA) is 0 Å². The molecule has 2 rings (SSSR count). The van der Waals surface area contributed by atoms with Gasteiger partial charge in [-0.3, -0.25) is 0 Å². The van der Waals surface area contributed by atoms with E-state index in [-0.39, 0.29) is 4.83 Å². The summed E-state index contributed by atoms with van der Waals surface area (Å²) in [6.45, 7) is 0. The van der Waals surface area contributed by atoms with Crippen LogP contribution in [0.5, 0.6) is 0 Å². The molecule has 1 aliphatic carbocycles. The second-order valence-electron chi connectivity index (χ2n) is 3.76. The van der Waals surface area contributed by atoms with Crippen molar-refractivity contribution >= 4 is 15.9 Å². The summed E-state index contributed by atoms with van der Waals surface area (Å²) >= 11 is 3.48. The maximum Gasteiger partial charge on any atom is 0.130 e. The van der Waals surface area contributed by atoms with Gasteiger partial charge in [0, 0.05) is 16.5 Å². The summed E-state index contributed by atoms with van der Waals surface area (Å²) in [6.07, 6.45) is 3.48. The summed E-state index contributed by atoms with van der Waals surface area (Å²) in [6, 6.07) is 3.79. The van der Waals surface area contributed by atoms with Crippen molar-refractivity contribution in [1.82, 2.24) is 0 Å². The number of rotatable bonds is 2. The largest absolute Gasteiger partial charge is 0.207 e. The zero-order valence-corrected chi connectivity index (χ0v) is 9.23. The molecule has 0 heterocycles. The minimum absolute atomic E-state index is 0.0387. The monoisotopic (exact) mass is 260 g/mol. The number of halogens is 3. The van der Waals surface area contributed by atoms with E-state index in [4.69, 9.17) is 0 Å². The molecule has 0 aromatic heterocycles. The zero-order chi connectivity index (χ0) is 10.1. The van der Waals surface area contributed by atoms with Gasteiger partial charge in [0.25, 0.3) is 0 Å². The predicted octanol–water partition coefficient (Wildman–Crippen LogP) is 4.20. The van der Waals surface area contributed by atoms with Gasteiger partial charge in [0.2, 0.25) is 0 Å². The van der Waals surface area contributed by atoms with Crippen molar-refractivity contribution in [3.05, 3.63) is 35.4 Å². The van der Waals surface area contributed by atoms with E-state index in [0.717, 1.165) is 18.9 Å². The molecule has 0 amide bonds. The lowest BCUT2D eigenvalue weighted by Gasteiger charge is -2.30. The fourth-order valence-corrected chi connectivity index (χ4v) is 2.61. The molecule has 1 atom stereocenters. The third-order valence-electron chi connectivity index (χ3n) is 2.82. The second kappa shape index (κ2) is 3.97. The van der Waals surface area contributed by atoms with Crippen LogP contribution < -0.4 is 0 Å². The van der Waals surface area contributed by atoms with E-state index in [1.807, 2.05) is 0 Å². The quantitative estimate of drug-likeness (QED) is 0.700. The van der Waals surface area contributed by atoms with Crippen molar-refractivity contribution in [2.45, 2.75) is 24.1 Å². The van der Waals surface area contributed by atoms with Gasteiger partial charge in [-0.15, -0.1) is 0 Å². The third kappa shape index (κ3) is 1.83. The average Bonchev–Trinajstić information content (AvgIpc) is 2.00. The Labute approximate surface area is 90.4 Å². The SMILES string of the molecule is Fc1ccc(C(Br)C2CCC2)c(F)c1. The minimum Gasteiger partial charge on any atom is -0.207 e. The summed E-state index contributed by atoms with van der Waals surface area (Å²) < 4.78 is 26.0. The molecule has 1 fully saturated rings. The number of hydrogen-bond donors (Lipinski definition) is 0. The minimum atomic E-state index is -0.514. The molecular formula is C11H11BrF2. The molecule has 1 saturated carbocycles. The van der Waals surface area contributed by atoms with Gasteiger partial charge in [-0.05, 0) is 24.8 Å². The lowest BCUT2D eigenvalue weighted by atomic mass is 9.81. The molecule has 0 spiro atoms. The van der Waals surface area contributed by atoms with E-state index < -0.39 is 11.6 Å². The third-order valence-corrected chi connectivity index (χ3v) is 4.06. The van der Waals surface area contributed by atoms with Crippen molar-refractivity contribution in [2.75, 3.05) is 0 Å². The van der Waals surface area contributed by atoms with Crippen LogP contribution >= 0.6 is 15.9 Å². The van der Waals surface area contributed by atoms with Crippen molar-refractivity contribution in [2.24, 2.45) is 5.92 Å². The highest BCUT2D eigenvalue weighted by Crippen LogP contribution is 2.43. The first-order valence-electron chi connectivity index (χ1n) is 4.77. The predicted molar refractivity (Wildman–Crippen MR) is 55.4 cm³/mol. The molecule has 76 valence electrons. The molecule has 1 unspecified atom stereocenters. The normalized spacial score (nSPS) is 19.1. The van der Waals surface area contributed by atoms with E-state index in [2.05, 4.69) is 15.9 Å². The Morgan fingerprint density at radius 1 is 1.29 bits per heavy atom. The summed E-state index contributed by atoms with van der Waals surface area (Å²) in [4.78, 5) is 0.0387. The van der Waals surface area contributed by atoms with Gasteiger partial charge < -0.3 is 0 Å². The Morgan fingerprint density at radius 2 is 2.00 bits per heavy atom. The van der Waals surface area contributed by atoms with Crippen molar-refractivity contribution in [3.63, 3.8) is 0 Å². The summed E-state index contributed by atoms with van der Waals surface area (Å²) in [7, 11) is 0. The lowest BCUT2D eigenvalue weighted by molar-refractivity contribution is 0.308. The van der Waals surface area contributed by atoms with Gasteiger partial charge in [-0.1, -0.05) is 28.4 Å². The molecule has 1 aromatic carbocycles. The molecule has 14 heavy (non-hydrogen) atoms. The first-order valence-corrected chi connectivity index (χ1v) is 5.69.